The second-order valence-corrected chi connectivity index (χ2v) is 4.75. The van der Waals surface area contributed by atoms with Crippen molar-refractivity contribution in [2.24, 2.45) is 0 Å². The molecule has 0 amide bonds. The minimum atomic E-state index is 1.13. The second-order valence-electron chi connectivity index (χ2n) is 3.50. The molecule has 0 heterocycles. The summed E-state index contributed by atoms with van der Waals surface area (Å²) in [5, 5.41) is 3.38. The molecule has 0 bridgehead atoms. The van der Waals surface area contributed by atoms with Crippen LogP contribution >= 0.6 is 22.6 Å². The molecule has 0 aliphatic rings. The molecule has 0 aliphatic heterocycles. The lowest BCUT2D eigenvalue weighted by molar-refractivity contribution is 1.45. The van der Waals surface area contributed by atoms with Crippen molar-refractivity contribution in [3.8, 4) is 0 Å². The van der Waals surface area contributed by atoms with Crippen molar-refractivity contribution < 1.29 is 0 Å². The molecule has 0 spiro atoms. The van der Waals surface area contributed by atoms with E-state index < -0.39 is 0 Å². The van der Waals surface area contributed by atoms with Gasteiger partial charge in [-0.2, -0.15) is 0 Å². The molecule has 2 aromatic carbocycles. The van der Waals surface area contributed by atoms with Gasteiger partial charge in [0, 0.05) is 14.9 Å². The molecular formula is C13H12IN. The van der Waals surface area contributed by atoms with Crippen molar-refractivity contribution in [2.75, 3.05) is 5.32 Å². The normalized spacial score (nSPS) is 10.0. The lowest BCUT2D eigenvalue weighted by atomic mass is 10.2. The first-order chi connectivity index (χ1) is 7.24. The number of benzene rings is 2. The van der Waals surface area contributed by atoms with Gasteiger partial charge in [0.05, 0.1) is 0 Å². The minimum Gasteiger partial charge on any atom is -0.355 e. The van der Waals surface area contributed by atoms with Crippen LogP contribution in [0.25, 0.3) is 0 Å². The fourth-order valence-electron chi connectivity index (χ4n) is 1.46. The predicted molar refractivity (Wildman–Crippen MR) is 73.6 cm³/mol. The first kappa shape index (κ1) is 10.5. The Kier molecular flexibility index (Phi) is 3.26. The lowest BCUT2D eigenvalue weighted by Gasteiger charge is -2.07. The highest BCUT2D eigenvalue weighted by atomic mass is 127. The number of halogens is 1. The quantitative estimate of drug-likeness (QED) is 0.814. The van der Waals surface area contributed by atoms with Gasteiger partial charge in [0.25, 0.3) is 0 Å². The van der Waals surface area contributed by atoms with Crippen LogP contribution in [0, 0.1) is 10.5 Å². The van der Waals surface area contributed by atoms with E-state index in [-0.39, 0.29) is 0 Å². The summed E-state index contributed by atoms with van der Waals surface area (Å²) in [5.74, 6) is 0. The number of hydrogen-bond acceptors (Lipinski definition) is 1. The standard InChI is InChI=1S/C13H12IN/c1-10-4-2-6-12(8-10)15-13-7-3-5-11(14)9-13/h2-9,15H,1H3. The van der Waals surface area contributed by atoms with Gasteiger partial charge < -0.3 is 5.32 Å². The van der Waals surface area contributed by atoms with Gasteiger partial charge in [-0.05, 0) is 65.4 Å². The third kappa shape index (κ3) is 2.96. The average Bonchev–Trinajstić information content (AvgIpc) is 2.17. The summed E-state index contributed by atoms with van der Waals surface area (Å²) >= 11 is 2.31. The van der Waals surface area contributed by atoms with E-state index in [0.717, 1.165) is 11.4 Å². The van der Waals surface area contributed by atoms with E-state index in [1.807, 2.05) is 0 Å². The summed E-state index contributed by atoms with van der Waals surface area (Å²) in [6.45, 7) is 2.10. The molecule has 0 unspecified atom stereocenters. The molecule has 76 valence electrons. The average molecular weight is 309 g/mol. The van der Waals surface area contributed by atoms with Crippen LogP contribution in [0.1, 0.15) is 5.56 Å². The van der Waals surface area contributed by atoms with E-state index in [1.54, 1.807) is 0 Å². The Hall–Kier alpha value is -1.03. The Morgan fingerprint density at radius 3 is 2.27 bits per heavy atom. The zero-order valence-electron chi connectivity index (χ0n) is 8.50. The van der Waals surface area contributed by atoms with E-state index in [9.17, 15) is 0 Å². The van der Waals surface area contributed by atoms with E-state index in [1.165, 1.54) is 9.13 Å². The SMILES string of the molecule is Cc1cccc(Nc2cccc(I)c2)c1. The second kappa shape index (κ2) is 4.66. The molecule has 15 heavy (non-hydrogen) atoms. The third-order valence-electron chi connectivity index (χ3n) is 2.13. The molecule has 0 radical (unpaired) electrons. The molecule has 0 saturated carbocycles. The molecular weight excluding hydrogens is 297 g/mol. The zero-order chi connectivity index (χ0) is 10.7. The van der Waals surface area contributed by atoms with Crippen LogP contribution in [0.4, 0.5) is 11.4 Å². The van der Waals surface area contributed by atoms with Crippen molar-refractivity contribution in [3.05, 3.63) is 57.7 Å². The van der Waals surface area contributed by atoms with Crippen LogP contribution in [0.2, 0.25) is 0 Å². The van der Waals surface area contributed by atoms with Crippen molar-refractivity contribution in [2.45, 2.75) is 6.92 Å². The van der Waals surface area contributed by atoms with E-state index in [4.69, 9.17) is 0 Å². The van der Waals surface area contributed by atoms with Crippen LogP contribution in [0.15, 0.2) is 48.5 Å². The Morgan fingerprint density at radius 2 is 1.60 bits per heavy atom. The molecule has 0 atom stereocenters. The number of anilines is 2. The lowest BCUT2D eigenvalue weighted by Crippen LogP contribution is -1.90. The van der Waals surface area contributed by atoms with Crippen LogP contribution in [-0.2, 0) is 0 Å². The maximum absolute atomic E-state index is 3.38. The van der Waals surface area contributed by atoms with E-state index in [2.05, 4.69) is 83.4 Å². The number of nitrogens with one attached hydrogen (secondary N) is 1. The topological polar surface area (TPSA) is 12.0 Å². The smallest absolute Gasteiger partial charge is 0.0394 e. The minimum absolute atomic E-state index is 1.13. The number of rotatable bonds is 2. The van der Waals surface area contributed by atoms with E-state index >= 15 is 0 Å². The van der Waals surface area contributed by atoms with Crippen LogP contribution in [-0.4, -0.2) is 0 Å². The number of aryl methyl sites for hydroxylation is 1. The van der Waals surface area contributed by atoms with Crippen LogP contribution in [0.5, 0.6) is 0 Å². The van der Waals surface area contributed by atoms with Gasteiger partial charge in [-0.25, -0.2) is 0 Å². The third-order valence-corrected chi connectivity index (χ3v) is 2.80. The van der Waals surface area contributed by atoms with Gasteiger partial charge in [-0.15, -0.1) is 0 Å². The predicted octanol–water partition coefficient (Wildman–Crippen LogP) is 4.34. The van der Waals surface area contributed by atoms with Gasteiger partial charge in [0.2, 0.25) is 0 Å². The van der Waals surface area contributed by atoms with Gasteiger partial charge in [-0.3, -0.25) is 0 Å². The zero-order valence-corrected chi connectivity index (χ0v) is 10.7. The molecule has 2 aromatic rings. The highest BCUT2D eigenvalue weighted by molar-refractivity contribution is 14.1. The fraction of sp³-hybridized carbons (Fsp3) is 0.0769. The maximum Gasteiger partial charge on any atom is 0.0394 e. The van der Waals surface area contributed by atoms with Gasteiger partial charge >= 0.3 is 0 Å². The molecule has 0 saturated heterocycles. The highest BCUT2D eigenvalue weighted by Crippen LogP contribution is 2.19. The maximum atomic E-state index is 3.38. The molecule has 2 rings (SSSR count). The number of hydrogen-bond donors (Lipinski definition) is 1. The Bertz CT molecular complexity index is 422. The summed E-state index contributed by atoms with van der Waals surface area (Å²) in [7, 11) is 0. The summed E-state index contributed by atoms with van der Waals surface area (Å²) in [4.78, 5) is 0. The molecule has 1 N–H and O–H groups in total. The van der Waals surface area contributed by atoms with Crippen molar-refractivity contribution in [3.63, 3.8) is 0 Å². The van der Waals surface area contributed by atoms with Crippen LogP contribution in [0.3, 0.4) is 0 Å². The Morgan fingerprint density at radius 1 is 0.933 bits per heavy atom. The van der Waals surface area contributed by atoms with Crippen molar-refractivity contribution in [1.29, 1.82) is 0 Å². The summed E-state index contributed by atoms with van der Waals surface area (Å²) in [6, 6.07) is 16.7. The monoisotopic (exact) mass is 309 g/mol. The van der Waals surface area contributed by atoms with Gasteiger partial charge in [-0.1, -0.05) is 18.2 Å². The molecule has 0 fully saturated rings. The first-order valence-corrected chi connectivity index (χ1v) is 5.91. The largest absolute Gasteiger partial charge is 0.355 e. The molecule has 2 heteroatoms. The van der Waals surface area contributed by atoms with Crippen molar-refractivity contribution >= 4 is 34.0 Å². The molecule has 1 nitrogen and oxygen atoms in total. The van der Waals surface area contributed by atoms with Gasteiger partial charge in [0.1, 0.15) is 0 Å². The molecule has 0 aliphatic carbocycles. The van der Waals surface area contributed by atoms with Crippen LogP contribution < -0.4 is 5.32 Å². The molecule has 0 aromatic heterocycles. The van der Waals surface area contributed by atoms with E-state index in [0.29, 0.717) is 0 Å². The fourth-order valence-corrected chi connectivity index (χ4v) is 2.00. The van der Waals surface area contributed by atoms with Crippen molar-refractivity contribution in [1.82, 2.24) is 0 Å². The summed E-state index contributed by atoms with van der Waals surface area (Å²) in [6.07, 6.45) is 0. The summed E-state index contributed by atoms with van der Waals surface area (Å²) in [5.41, 5.74) is 3.54. The highest BCUT2D eigenvalue weighted by Gasteiger charge is 1.95. The Balaban J connectivity index is 2.22. The Labute approximate surface area is 104 Å². The first-order valence-electron chi connectivity index (χ1n) is 4.83. The van der Waals surface area contributed by atoms with Gasteiger partial charge in [0.15, 0.2) is 0 Å². The summed E-state index contributed by atoms with van der Waals surface area (Å²) < 4.78 is 1.24.